The van der Waals surface area contributed by atoms with E-state index in [9.17, 15) is 9.59 Å². The quantitative estimate of drug-likeness (QED) is 0.636. The maximum absolute atomic E-state index is 13.7. The molecule has 0 radical (unpaired) electrons. The fourth-order valence-corrected chi connectivity index (χ4v) is 4.25. The third-order valence-electron chi connectivity index (χ3n) is 5.77. The summed E-state index contributed by atoms with van der Waals surface area (Å²) in [4.78, 5) is 28.3. The molecule has 178 valence electrons. The molecule has 1 heterocycles. The molecule has 1 N–H and O–H groups in total. The molecule has 1 aliphatic heterocycles. The van der Waals surface area contributed by atoms with Crippen LogP contribution in [0.2, 0.25) is 0 Å². The Hall–Kier alpha value is -2.70. The van der Waals surface area contributed by atoms with Gasteiger partial charge in [0.1, 0.15) is 17.4 Å². The molecule has 6 heteroatoms. The fraction of sp³-hybridized carbons (Fsp3) is 0.481. The lowest BCUT2D eigenvalue weighted by molar-refractivity contribution is -0.159. The maximum Gasteiger partial charge on any atom is 0.328 e. The van der Waals surface area contributed by atoms with E-state index in [0.717, 1.165) is 11.1 Å². The van der Waals surface area contributed by atoms with Crippen LogP contribution in [-0.2, 0) is 25.5 Å². The lowest BCUT2D eigenvalue weighted by Crippen LogP contribution is -2.57. The number of carbonyl (C=O) groups is 2. The van der Waals surface area contributed by atoms with Gasteiger partial charge in [-0.1, -0.05) is 60.7 Å². The molecule has 2 aromatic rings. The monoisotopic (exact) mass is 452 g/mol. The molecule has 2 aromatic carbocycles. The van der Waals surface area contributed by atoms with Gasteiger partial charge in [-0.3, -0.25) is 9.69 Å². The molecule has 2 unspecified atom stereocenters. The van der Waals surface area contributed by atoms with Crippen molar-refractivity contribution in [3.8, 4) is 0 Å². The van der Waals surface area contributed by atoms with E-state index < -0.39 is 29.4 Å². The maximum atomic E-state index is 13.7. The van der Waals surface area contributed by atoms with Crippen molar-refractivity contribution < 1.29 is 19.1 Å². The van der Waals surface area contributed by atoms with Gasteiger partial charge < -0.3 is 14.8 Å². The molecule has 3 rings (SSSR count). The van der Waals surface area contributed by atoms with Crippen LogP contribution >= 0.6 is 0 Å². The van der Waals surface area contributed by atoms with E-state index in [1.807, 2.05) is 83.1 Å². The topological polar surface area (TPSA) is 67.9 Å². The zero-order chi connectivity index (χ0) is 24.2. The van der Waals surface area contributed by atoms with Gasteiger partial charge in [0, 0.05) is 0 Å². The summed E-state index contributed by atoms with van der Waals surface area (Å²) < 4.78 is 11.6. The summed E-state index contributed by atoms with van der Waals surface area (Å²) in [6.07, 6.45) is 0.490. The first-order chi connectivity index (χ1) is 15.5. The summed E-state index contributed by atoms with van der Waals surface area (Å²) in [7, 11) is 0. The second kappa shape index (κ2) is 10.1. The zero-order valence-electron chi connectivity index (χ0n) is 20.5. The summed E-state index contributed by atoms with van der Waals surface area (Å²) in [6.45, 7) is 11.5. The van der Waals surface area contributed by atoms with E-state index in [4.69, 9.17) is 9.47 Å². The summed E-state index contributed by atoms with van der Waals surface area (Å²) in [5.41, 5.74) is 0.848. The molecule has 0 aromatic heterocycles. The van der Waals surface area contributed by atoms with Crippen LogP contribution in [0.15, 0.2) is 60.7 Å². The Bertz CT molecular complexity index is 938. The van der Waals surface area contributed by atoms with E-state index in [2.05, 4.69) is 22.3 Å². The molecule has 6 nitrogen and oxygen atoms in total. The van der Waals surface area contributed by atoms with Crippen LogP contribution in [0.25, 0.3) is 0 Å². The molecular weight excluding hydrogens is 416 g/mol. The van der Waals surface area contributed by atoms with Crippen molar-refractivity contribution in [2.24, 2.45) is 0 Å². The number of benzene rings is 2. The van der Waals surface area contributed by atoms with Gasteiger partial charge >= 0.3 is 5.97 Å². The van der Waals surface area contributed by atoms with Crippen molar-refractivity contribution in [3.05, 3.63) is 71.8 Å². The number of ether oxygens (including phenoxy) is 2. The van der Waals surface area contributed by atoms with Crippen molar-refractivity contribution in [3.63, 3.8) is 0 Å². The number of hydrogen-bond donors (Lipinski definition) is 1. The number of nitrogens with zero attached hydrogens (tertiary/aromatic N) is 1. The second-order valence-electron chi connectivity index (χ2n) is 10.1. The minimum absolute atomic E-state index is 0.0857. The Kier molecular flexibility index (Phi) is 7.60. The molecule has 1 aliphatic rings. The predicted molar refractivity (Wildman–Crippen MR) is 128 cm³/mol. The minimum Gasteiger partial charge on any atom is -0.458 e. The van der Waals surface area contributed by atoms with Crippen LogP contribution in [0.1, 0.15) is 58.7 Å². The van der Waals surface area contributed by atoms with E-state index >= 15 is 0 Å². The minimum atomic E-state index is -0.767. The van der Waals surface area contributed by atoms with Crippen LogP contribution in [0.4, 0.5) is 0 Å². The van der Waals surface area contributed by atoms with Crippen LogP contribution in [0, 0.1) is 0 Å². The van der Waals surface area contributed by atoms with E-state index in [1.54, 1.807) is 6.92 Å². The fourth-order valence-electron chi connectivity index (χ4n) is 4.25. The lowest BCUT2D eigenvalue weighted by Gasteiger charge is -2.40. The first-order valence-corrected chi connectivity index (χ1v) is 11.5. The Balaban J connectivity index is 1.91. The molecule has 1 amide bonds. The number of carbonyl (C=O) groups excluding carboxylic acids is 2. The summed E-state index contributed by atoms with van der Waals surface area (Å²) in [5, 5.41) is 2.90. The van der Waals surface area contributed by atoms with Gasteiger partial charge in [-0.25, -0.2) is 4.79 Å². The third-order valence-corrected chi connectivity index (χ3v) is 5.77. The Labute approximate surface area is 197 Å². The summed E-state index contributed by atoms with van der Waals surface area (Å²) >= 11 is 0. The van der Waals surface area contributed by atoms with E-state index in [0.29, 0.717) is 13.0 Å². The van der Waals surface area contributed by atoms with Crippen LogP contribution in [0.3, 0.4) is 0 Å². The first kappa shape index (κ1) is 24.9. The van der Waals surface area contributed by atoms with Gasteiger partial charge in [-0.2, -0.15) is 0 Å². The largest absolute Gasteiger partial charge is 0.458 e. The SMILES string of the molecule is CC(NC(=O)C(Cc1ccccc1)N1[C@@H](c2ccccc2)COC1(C)C)C(=O)OC(C)(C)C. The molecule has 0 bridgehead atoms. The van der Waals surface area contributed by atoms with Gasteiger partial charge in [0.05, 0.1) is 18.7 Å². The highest BCUT2D eigenvalue weighted by molar-refractivity contribution is 5.87. The van der Waals surface area contributed by atoms with E-state index in [-0.39, 0.29) is 11.9 Å². The average molecular weight is 453 g/mol. The van der Waals surface area contributed by atoms with Crippen molar-refractivity contribution in [1.29, 1.82) is 0 Å². The van der Waals surface area contributed by atoms with Crippen LogP contribution in [-0.4, -0.2) is 46.8 Å². The molecule has 0 aliphatic carbocycles. The zero-order valence-corrected chi connectivity index (χ0v) is 20.5. The van der Waals surface area contributed by atoms with Gasteiger partial charge in [0.25, 0.3) is 0 Å². The number of hydrogen-bond acceptors (Lipinski definition) is 5. The van der Waals surface area contributed by atoms with Gasteiger partial charge in [0.2, 0.25) is 5.91 Å². The molecular formula is C27H36N2O4. The average Bonchev–Trinajstić information content (AvgIpc) is 3.06. The van der Waals surface area contributed by atoms with Crippen LogP contribution < -0.4 is 5.32 Å². The predicted octanol–water partition coefficient (Wildman–Crippen LogP) is 4.25. The molecule has 33 heavy (non-hydrogen) atoms. The van der Waals surface area contributed by atoms with Crippen molar-refractivity contribution in [2.45, 2.75) is 77.4 Å². The highest BCUT2D eigenvalue weighted by atomic mass is 16.6. The molecule has 1 fully saturated rings. The Morgan fingerprint density at radius 1 is 1.09 bits per heavy atom. The van der Waals surface area contributed by atoms with Gasteiger partial charge in [-0.15, -0.1) is 0 Å². The summed E-state index contributed by atoms with van der Waals surface area (Å²) in [6, 6.07) is 18.6. The Morgan fingerprint density at radius 3 is 2.24 bits per heavy atom. The van der Waals surface area contributed by atoms with Crippen molar-refractivity contribution >= 4 is 11.9 Å². The van der Waals surface area contributed by atoms with Crippen molar-refractivity contribution in [1.82, 2.24) is 10.2 Å². The lowest BCUT2D eigenvalue weighted by atomic mass is 9.97. The molecule has 1 saturated heterocycles. The number of esters is 1. The van der Waals surface area contributed by atoms with Gasteiger partial charge in [0.15, 0.2) is 0 Å². The molecule has 3 atom stereocenters. The normalized spacial score (nSPS) is 20.1. The second-order valence-corrected chi connectivity index (χ2v) is 10.1. The molecule has 0 spiro atoms. The first-order valence-electron chi connectivity index (χ1n) is 11.5. The van der Waals surface area contributed by atoms with Crippen LogP contribution in [0.5, 0.6) is 0 Å². The number of rotatable bonds is 7. The highest BCUT2D eigenvalue weighted by Crippen LogP contribution is 2.39. The number of nitrogens with one attached hydrogen (secondary N) is 1. The smallest absolute Gasteiger partial charge is 0.328 e. The standard InChI is InChI=1S/C27H36N2O4/c1-19(25(31)33-26(2,3)4)28-24(30)22(17-20-13-9-7-10-14-20)29-23(18-32-27(29,5)6)21-15-11-8-12-16-21/h7-16,19,22-23H,17-18H2,1-6H3,(H,28,30)/t19?,22?,23-/m1/s1. The number of amides is 1. The Morgan fingerprint density at radius 2 is 1.67 bits per heavy atom. The highest BCUT2D eigenvalue weighted by Gasteiger charge is 2.47. The van der Waals surface area contributed by atoms with Crippen molar-refractivity contribution in [2.75, 3.05) is 6.61 Å². The summed E-state index contributed by atoms with van der Waals surface area (Å²) in [5.74, 6) is -0.678. The van der Waals surface area contributed by atoms with E-state index in [1.165, 1.54) is 0 Å². The third kappa shape index (κ3) is 6.42. The van der Waals surface area contributed by atoms with Gasteiger partial charge in [-0.05, 0) is 59.1 Å². The molecule has 0 saturated carbocycles.